The van der Waals surface area contributed by atoms with E-state index in [1.165, 1.54) is 17.8 Å². The molecule has 27 heavy (non-hydrogen) atoms. The summed E-state index contributed by atoms with van der Waals surface area (Å²) >= 11 is 0. The molecular formula is C19H18F2N6. The maximum Gasteiger partial charge on any atom is 0.255 e. The van der Waals surface area contributed by atoms with Crippen molar-refractivity contribution in [3.8, 4) is 17.2 Å². The Morgan fingerprint density at radius 1 is 1.22 bits per heavy atom. The monoisotopic (exact) mass is 368 g/mol. The van der Waals surface area contributed by atoms with E-state index in [0.717, 1.165) is 37.9 Å². The Hall–Kier alpha value is -3.08. The first-order chi connectivity index (χ1) is 13.0. The normalized spacial score (nSPS) is 17.3. The molecule has 1 aliphatic rings. The number of piperidine rings is 1. The number of nitrogens with zero attached hydrogens (tertiary/aromatic N) is 6. The van der Waals surface area contributed by atoms with Gasteiger partial charge >= 0.3 is 0 Å². The van der Waals surface area contributed by atoms with Crippen LogP contribution in [0.25, 0.3) is 16.9 Å². The van der Waals surface area contributed by atoms with Crippen LogP contribution in [0.2, 0.25) is 0 Å². The topological polar surface area (TPSA) is 70.1 Å². The number of hydrogen-bond donors (Lipinski definition) is 0. The molecule has 1 aliphatic heterocycles. The highest BCUT2D eigenvalue weighted by atomic mass is 19.1. The standard InChI is InChI=1S/C19H18F2N6/c1-11-7-15(21)13(8-14(11)20)17-16(9-22)25-19-23-10-24-27(19)18(17)26-6-4-3-5-12(26)2/h7-8,10,12H,3-6H2,1-2H3. The van der Waals surface area contributed by atoms with Crippen molar-refractivity contribution in [3.63, 3.8) is 0 Å². The van der Waals surface area contributed by atoms with Crippen molar-refractivity contribution in [3.05, 3.63) is 41.4 Å². The molecule has 2 aromatic heterocycles. The van der Waals surface area contributed by atoms with Gasteiger partial charge in [-0.1, -0.05) is 0 Å². The fourth-order valence-corrected chi connectivity index (χ4v) is 3.67. The number of hydrogen-bond acceptors (Lipinski definition) is 5. The molecule has 4 rings (SSSR count). The molecule has 6 nitrogen and oxygen atoms in total. The number of rotatable bonds is 2. The van der Waals surface area contributed by atoms with Crippen LogP contribution in [0.15, 0.2) is 18.5 Å². The minimum absolute atomic E-state index is 0.00502. The maximum absolute atomic E-state index is 14.8. The maximum atomic E-state index is 14.8. The largest absolute Gasteiger partial charge is 0.353 e. The SMILES string of the molecule is Cc1cc(F)c(-c2c(C#N)nc3ncnn3c2N2CCCCC2C)cc1F. The van der Waals surface area contributed by atoms with Crippen molar-refractivity contribution in [2.45, 2.75) is 39.2 Å². The van der Waals surface area contributed by atoms with Gasteiger partial charge < -0.3 is 4.90 Å². The molecule has 0 amide bonds. The summed E-state index contributed by atoms with van der Waals surface area (Å²) in [6.45, 7) is 4.30. The van der Waals surface area contributed by atoms with Crippen LogP contribution < -0.4 is 4.90 Å². The van der Waals surface area contributed by atoms with Gasteiger partial charge in [0.1, 0.15) is 29.8 Å². The molecule has 1 unspecified atom stereocenters. The van der Waals surface area contributed by atoms with Crippen molar-refractivity contribution in [2.75, 3.05) is 11.4 Å². The molecule has 1 fully saturated rings. The van der Waals surface area contributed by atoms with E-state index in [4.69, 9.17) is 0 Å². The van der Waals surface area contributed by atoms with Crippen LogP contribution >= 0.6 is 0 Å². The zero-order chi connectivity index (χ0) is 19.1. The van der Waals surface area contributed by atoms with Crippen molar-refractivity contribution in [1.82, 2.24) is 19.6 Å². The number of nitriles is 1. The second kappa shape index (κ2) is 6.58. The Morgan fingerprint density at radius 2 is 2.04 bits per heavy atom. The average Bonchev–Trinajstić information content (AvgIpc) is 3.12. The molecule has 0 spiro atoms. The lowest BCUT2D eigenvalue weighted by molar-refractivity contribution is 0.478. The third kappa shape index (κ3) is 2.79. The van der Waals surface area contributed by atoms with Gasteiger partial charge in [-0.3, -0.25) is 0 Å². The third-order valence-corrected chi connectivity index (χ3v) is 5.10. The first kappa shape index (κ1) is 17.3. The Morgan fingerprint density at radius 3 is 2.78 bits per heavy atom. The van der Waals surface area contributed by atoms with Crippen LogP contribution in [0.1, 0.15) is 37.4 Å². The number of aromatic nitrogens is 4. The summed E-state index contributed by atoms with van der Waals surface area (Å²) in [4.78, 5) is 10.4. The Bertz CT molecular complexity index is 1070. The average molecular weight is 368 g/mol. The molecule has 3 aromatic rings. The van der Waals surface area contributed by atoms with Crippen LogP contribution in [-0.4, -0.2) is 32.2 Å². The highest BCUT2D eigenvalue weighted by Crippen LogP contribution is 2.38. The summed E-state index contributed by atoms with van der Waals surface area (Å²) < 4.78 is 30.6. The highest BCUT2D eigenvalue weighted by Gasteiger charge is 2.29. The molecule has 0 aliphatic carbocycles. The molecule has 0 N–H and O–H groups in total. The smallest absolute Gasteiger partial charge is 0.255 e. The van der Waals surface area contributed by atoms with Gasteiger partial charge in [-0.05, 0) is 50.8 Å². The summed E-state index contributed by atoms with van der Waals surface area (Å²) in [6, 6.07) is 4.46. The second-order valence-corrected chi connectivity index (χ2v) is 6.86. The molecular weight excluding hydrogens is 350 g/mol. The Kier molecular flexibility index (Phi) is 4.22. The fourth-order valence-electron chi connectivity index (χ4n) is 3.67. The minimum Gasteiger partial charge on any atom is -0.353 e. The van der Waals surface area contributed by atoms with Crippen LogP contribution in [0, 0.1) is 29.9 Å². The molecule has 1 atom stereocenters. The van der Waals surface area contributed by atoms with Crippen molar-refractivity contribution < 1.29 is 8.78 Å². The number of aryl methyl sites for hydroxylation is 1. The Labute approximate surface area is 155 Å². The zero-order valence-electron chi connectivity index (χ0n) is 15.1. The first-order valence-corrected chi connectivity index (χ1v) is 8.87. The van der Waals surface area contributed by atoms with E-state index in [0.29, 0.717) is 5.82 Å². The lowest BCUT2D eigenvalue weighted by atomic mass is 9.98. The minimum atomic E-state index is -0.599. The Balaban J connectivity index is 2.09. The summed E-state index contributed by atoms with van der Waals surface area (Å²) in [5.41, 5.74) is 0.468. The highest BCUT2D eigenvalue weighted by molar-refractivity contribution is 5.82. The quantitative estimate of drug-likeness (QED) is 0.691. The van der Waals surface area contributed by atoms with Gasteiger partial charge in [0.2, 0.25) is 0 Å². The number of benzene rings is 1. The zero-order valence-corrected chi connectivity index (χ0v) is 15.1. The third-order valence-electron chi connectivity index (χ3n) is 5.10. The molecule has 1 aromatic carbocycles. The molecule has 0 bridgehead atoms. The molecule has 0 radical (unpaired) electrons. The number of anilines is 1. The van der Waals surface area contributed by atoms with Crippen LogP contribution in [-0.2, 0) is 0 Å². The molecule has 8 heteroatoms. The van der Waals surface area contributed by atoms with Crippen LogP contribution in [0.3, 0.4) is 0 Å². The van der Waals surface area contributed by atoms with E-state index >= 15 is 0 Å². The number of halogens is 2. The lowest BCUT2D eigenvalue weighted by Crippen LogP contribution is -2.39. The predicted octanol–water partition coefficient (Wildman–Crippen LogP) is 3.63. The molecule has 1 saturated heterocycles. The van der Waals surface area contributed by atoms with Crippen LogP contribution in [0.5, 0.6) is 0 Å². The predicted molar refractivity (Wildman–Crippen MR) is 96.2 cm³/mol. The van der Waals surface area contributed by atoms with E-state index in [2.05, 4.69) is 26.9 Å². The van der Waals surface area contributed by atoms with Gasteiger partial charge in [0.15, 0.2) is 5.69 Å². The van der Waals surface area contributed by atoms with Gasteiger partial charge in [0.05, 0.1) is 5.56 Å². The van der Waals surface area contributed by atoms with Gasteiger partial charge in [0.25, 0.3) is 5.78 Å². The fraction of sp³-hybridized carbons (Fsp3) is 0.368. The van der Waals surface area contributed by atoms with E-state index in [-0.39, 0.29) is 34.2 Å². The van der Waals surface area contributed by atoms with Crippen molar-refractivity contribution in [2.24, 2.45) is 0 Å². The van der Waals surface area contributed by atoms with Gasteiger partial charge in [-0.2, -0.15) is 24.8 Å². The summed E-state index contributed by atoms with van der Waals surface area (Å²) in [5, 5.41) is 13.9. The molecule has 138 valence electrons. The van der Waals surface area contributed by atoms with Gasteiger partial charge in [0, 0.05) is 18.2 Å². The van der Waals surface area contributed by atoms with E-state index in [1.54, 1.807) is 0 Å². The van der Waals surface area contributed by atoms with E-state index < -0.39 is 11.6 Å². The van der Waals surface area contributed by atoms with E-state index in [9.17, 15) is 14.0 Å². The summed E-state index contributed by atoms with van der Waals surface area (Å²) in [6.07, 6.45) is 4.37. The van der Waals surface area contributed by atoms with E-state index in [1.807, 2.05) is 6.07 Å². The summed E-state index contributed by atoms with van der Waals surface area (Å²) in [7, 11) is 0. The molecule has 3 heterocycles. The summed E-state index contributed by atoms with van der Waals surface area (Å²) in [5.74, 6) is -0.344. The second-order valence-electron chi connectivity index (χ2n) is 6.86. The number of fused-ring (bicyclic) bond motifs is 1. The van der Waals surface area contributed by atoms with Crippen molar-refractivity contribution in [1.29, 1.82) is 5.26 Å². The van der Waals surface area contributed by atoms with Crippen LogP contribution in [0.4, 0.5) is 14.6 Å². The van der Waals surface area contributed by atoms with Gasteiger partial charge in [-0.25, -0.2) is 8.78 Å². The lowest BCUT2D eigenvalue weighted by Gasteiger charge is -2.36. The van der Waals surface area contributed by atoms with Crippen molar-refractivity contribution >= 4 is 11.6 Å². The molecule has 0 saturated carbocycles. The first-order valence-electron chi connectivity index (χ1n) is 8.87. The van der Waals surface area contributed by atoms with Gasteiger partial charge in [-0.15, -0.1) is 0 Å².